The minimum absolute atomic E-state index is 0.0215. The molecule has 12 heteroatoms. The van der Waals surface area contributed by atoms with Crippen molar-refractivity contribution in [1.29, 1.82) is 0 Å². The Hall–Kier alpha value is -2.80. The first-order valence-corrected chi connectivity index (χ1v) is 12.2. The number of hydrogen-bond donors (Lipinski definition) is 1. The Bertz CT molecular complexity index is 1280. The molecule has 0 aliphatic carbocycles. The van der Waals surface area contributed by atoms with Crippen molar-refractivity contribution < 1.29 is 26.4 Å². The van der Waals surface area contributed by atoms with Gasteiger partial charge in [-0.05, 0) is 30.3 Å². The van der Waals surface area contributed by atoms with Crippen LogP contribution in [0.4, 0.5) is 18.3 Å². The zero-order chi connectivity index (χ0) is 23.6. The second kappa shape index (κ2) is 9.59. The molecule has 1 aromatic heterocycles. The Balaban J connectivity index is 1.31. The number of sulfonamides is 1. The molecule has 1 amide bonds. The van der Waals surface area contributed by atoms with Gasteiger partial charge in [-0.1, -0.05) is 12.1 Å². The van der Waals surface area contributed by atoms with Crippen molar-refractivity contribution in [2.75, 3.05) is 38.0 Å². The molecule has 2 aromatic carbocycles. The first kappa shape index (κ1) is 23.4. The molecule has 7 nitrogen and oxygen atoms in total. The second-order valence-electron chi connectivity index (χ2n) is 7.33. The van der Waals surface area contributed by atoms with Crippen LogP contribution >= 0.6 is 11.3 Å². The maximum atomic E-state index is 13.9. The third-order valence-electron chi connectivity index (χ3n) is 5.12. The standard InChI is InChI=1S/C21H19F3N4O3S2/c22-15-6-5-14(11-17(15)24)18-13-32-21(25-18)26-20(29)12-27-7-9-28(10-8-27)33(30,31)19-4-2-1-3-16(19)23/h1-6,11,13H,7-10,12H2,(H,25,26,29). The molecule has 174 valence electrons. The van der Waals surface area contributed by atoms with Crippen molar-refractivity contribution in [3.8, 4) is 11.3 Å². The SMILES string of the molecule is O=C(CN1CCN(S(=O)(=O)c2ccccc2F)CC1)Nc1nc(-c2ccc(F)c(F)c2)cs1. The van der Waals surface area contributed by atoms with E-state index in [4.69, 9.17) is 0 Å². The zero-order valence-electron chi connectivity index (χ0n) is 17.2. The van der Waals surface area contributed by atoms with E-state index in [1.165, 1.54) is 28.6 Å². The summed E-state index contributed by atoms with van der Waals surface area (Å²) in [4.78, 5) is 18.0. The number of halogens is 3. The number of benzene rings is 2. The van der Waals surface area contributed by atoms with Crippen molar-refractivity contribution in [2.24, 2.45) is 0 Å². The van der Waals surface area contributed by atoms with Gasteiger partial charge in [-0.15, -0.1) is 11.3 Å². The largest absolute Gasteiger partial charge is 0.301 e. The summed E-state index contributed by atoms with van der Waals surface area (Å²) in [6, 6.07) is 8.66. The quantitative estimate of drug-likeness (QED) is 0.567. The molecular formula is C21H19F3N4O3S2. The van der Waals surface area contributed by atoms with Crippen LogP contribution in [0, 0.1) is 17.5 Å². The Labute approximate surface area is 192 Å². The predicted molar refractivity (Wildman–Crippen MR) is 118 cm³/mol. The summed E-state index contributed by atoms with van der Waals surface area (Å²) in [7, 11) is -3.95. The van der Waals surface area contributed by atoms with Gasteiger partial charge in [0.25, 0.3) is 0 Å². The monoisotopic (exact) mass is 496 g/mol. The number of carbonyl (C=O) groups is 1. The molecule has 0 unspecified atom stereocenters. The number of aromatic nitrogens is 1. The van der Waals surface area contributed by atoms with Crippen LogP contribution in [-0.4, -0.2) is 61.2 Å². The summed E-state index contributed by atoms with van der Waals surface area (Å²) in [5.41, 5.74) is 0.791. The molecule has 1 aliphatic heterocycles. The summed E-state index contributed by atoms with van der Waals surface area (Å²) in [5.74, 6) is -3.08. The van der Waals surface area contributed by atoms with Gasteiger partial charge in [0.1, 0.15) is 10.7 Å². The fourth-order valence-corrected chi connectivity index (χ4v) is 5.63. The van der Waals surface area contributed by atoms with E-state index in [0.29, 0.717) is 29.5 Å². The molecule has 4 rings (SSSR count). The lowest BCUT2D eigenvalue weighted by Gasteiger charge is -2.33. The fourth-order valence-electron chi connectivity index (χ4n) is 3.40. The van der Waals surface area contributed by atoms with Crippen LogP contribution in [-0.2, 0) is 14.8 Å². The number of anilines is 1. The molecule has 3 aromatic rings. The van der Waals surface area contributed by atoms with Gasteiger partial charge in [0, 0.05) is 37.1 Å². The van der Waals surface area contributed by atoms with E-state index in [1.54, 1.807) is 10.3 Å². The van der Waals surface area contributed by atoms with Crippen LogP contribution in [0.15, 0.2) is 52.7 Å². The third-order valence-corrected chi connectivity index (χ3v) is 7.81. The van der Waals surface area contributed by atoms with E-state index in [1.807, 2.05) is 0 Å². The van der Waals surface area contributed by atoms with Crippen molar-refractivity contribution >= 4 is 32.4 Å². The molecule has 33 heavy (non-hydrogen) atoms. The normalized spacial score (nSPS) is 15.5. The average molecular weight is 497 g/mol. The lowest BCUT2D eigenvalue weighted by molar-refractivity contribution is -0.117. The van der Waals surface area contributed by atoms with Gasteiger partial charge < -0.3 is 5.32 Å². The van der Waals surface area contributed by atoms with Crippen molar-refractivity contribution in [2.45, 2.75) is 4.90 Å². The molecule has 1 fully saturated rings. The van der Waals surface area contributed by atoms with Crippen molar-refractivity contribution in [3.05, 3.63) is 65.3 Å². The molecule has 0 atom stereocenters. The first-order chi connectivity index (χ1) is 15.7. The molecule has 2 heterocycles. The minimum Gasteiger partial charge on any atom is -0.301 e. The Morgan fingerprint density at radius 3 is 2.42 bits per heavy atom. The molecule has 0 spiro atoms. The number of nitrogens with zero attached hydrogens (tertiary/aromatic N) is 3. The van der Waals surface area contributed by atoms with Gasteiger partial charge in [-0.3, -0.25) is 9.69 Å². The average Bonchev–Trinajstić information content (AvgIpc) is 3.24. The highest BCUT2D eigenvalue weighted by Crippen LogP contribution is 2.26. The summed E-state index contributed by atoms with van der Waals surface area (Å²) in [5, 5.41) is 4.58. The summed E-state index contributed by atoms with van der Waals surface area (Å²) in [6.07, 6.45) is 0. The molecular weight excluding hydrogens is 477 g/mol. The fraction of sp³-hybridized carbons (Fsp3) is 0.238. The van der Waals surface area contributed by atoms with Gasteiger partial charge in [0.05, 0.1) is 12.2 Å². The minimum atomic E-state index is -3.95. The lowest BCUT2D eigenvalue weighted by atomic mass is 10.2. The van der Waals surface area contributed by atoms with E-state index < -0.39 is 27.5 Å². The highest BCUT2D eigenvalue weighted by molar-refractivity contribution is 7.89. The highest BCUT2D eigenvalue weighted by Gasteiger charge is 2.31. The van der Waals surface area contributed by atoms with E-state index in [2.05, 4.69) is 10.3 Å². The summed E-state index contributed by atoms with van der Waals surface area (Å²) < 4.78 is 67.0. The van der Waals surface area contributed by atoms with Gasteiger partial charge >= 0.3 is 0 Å². The van der Waals surface area contributed by atoms with Gasteiger partial charge in [0.15, 0.2) is 16.8 Å². The Morgan fingerprint density at radius 1 is 1.00 bits per heavy atom. The predicted octanol–water partition coefficient (Wildman–Crippen LogP) is 3.17. The lowest BCUT2D eigenvalue weighted by Crippen LogP contribution is -2.50. The number of hydrogen-bond acceptors (Lipinski definition) is 6. The number of carbonyl (C=O) groups excluding carboxylic acids is 1. The molecule has 0 bridgehead atoms. The van der Waals surface area contributed by atoms with Gasteiger partial charge in [-0.2, -0.15) is 4.31 Å². The van der Waals surface area contributed by atoms with Crippen molar-refractivity contribution in [1.82, 2.24) is 14.2 Å². The van der Waals surface area contributed by atoms with E-state index >= 15 is 0 Å². The maximum Gasteiger partial charge on any atom is 0.246 e. The van der Waals surface area contributed by atoms with E-state index in [0.717, 1.165) is 29.5 Å². The first-order valence-electron chi connectivity index (χ1n) is 9.92. The smallest absolute Gasteiger partial charge is 0.246 e. The van der Waals surface area contributed by atoms with Crippen LogP contribution in [0.5, 0.6) is 0 Å². The number of thiazole rings is 1. The number of piperazine rings is 1. The van der Waals surface area contributed by atoms with Gasteiger partial charge in [0.2, 0.25) is 15.9 Å². The number of nitrogens with one attached hydrogen (secondary N) is 1. The second-order valence-corrected chi connectivity index (χ2v) is 10.1. The maximum absolute atomic E-state index is 13.9. The van der Waals surface area contributed by atoms with Crippen LogP contribution in [0.2, 0.25) is 0 Å². The topological polar surface area (TPSA) is 82.6 Å². The van der Waals surface area contributed by atoms with E-state index in [9.17, 15) is 26.4 Å². The molecule has 0 radical (unpaired) electrons. The van der Waals surface area contributed by atoms with Crippen LogP contribution in [0.25, 0.3) is 11.3 Å². The van der Waals surface area contributed by atoms with E-state index in [-0.39, 0.29) is 30.4 Å². The van der Waals surface area contributed by atoms with Gasteiger partial charge in [-0.25, -0.2) is 26.6 Å². The highest BCUT2D eigenvalue weighted by atomic mass is 32.2. The third kappa shape index (κ3) is 5.24. The summed E-state index contributed by atoms with van der Waals surface area (Å²) in [6.45, 7) is 0.884. The summed E-state index contributed by atoms with van der Waals surface area (Å²) >= 11 is 1.15. The molecule has 1 N–H and O–H groups in total. The number of rotatable bonds is 6. The molecule has 1 saturated heterocycles. The van der Waals surface area contributed by atoms with Crippen LogP contribution < -0.4 is 5.32 Å². The number of amides is 1. The zero-order valence-corrected chi connectivity index (χ0v) is 18.8. The Morgan fingerprint density at radius 2 is 1.73 bits per heavy atom. The molecule has 0 saturated carbocycles. The van der Waals surface area contributed by atoms with Crippen LogP contribution in [0.3, 0.4) is 0 Å². The van der Waals surface area contributed by atoms with Crippen LogP contribution in [0.1, 0.15) is 0 Å². The molecule has 1 aliphatic rings. The Kier molecular flexibility index (Phi) is 6.79. The van der Waals surface area contributed by atoms with Crippen molar-refractivity contribution in [3.63, 3.8) is 0 Å².